The first-order valence-corrected chi connectivity index (χ1v) is 9.85. The zero-order chi connectivity index (χ0) is 24.1. The summed E-state index contributed by atoms with van der Waals surface area (Å²) in [6.45, 7) is 0. The lowest BCUT2D eigenvalue weighted by Crippen LogP contribution is -2.43. The van der Waals surface area contributed by atoms with E-state index in [1.165, 1.54) is 18.2 Å². The third kappa shape index (κ3) is 4.59. The van der Waals surface area contributed by atoms with E-state index in [0.29, 0.717) is 4.90 Å². The molecule has 2 aromatic rings. The average molecular weight is 522 g/mol. The quantitative estimate of drug-likeness (QED) is 0.367. The Hall–Kier alpha value is -1.88. The van der Waals surface area contributed by atoms with E-state index in [0.717, 1.165) is 25.2 Å². The van der Waals surface area contributed by atoms with Crippen LogP contribution in [-0.4, -0.2) is 36.4 Å². The zero-order valence-electron chi connectivity index (χ0n) is 15.9. The largest absolute Gasteiger partial charge is 0.435 e. The van der Waals surface area contributed by atoms with Crippen LogP contribution in [0.15, 0.2) is 41.6 Å². The molecule has 1 heterocycles. The fraction of sp³-hybridized carbons (Fsp3) is 0.316. The Morgan fingerprint density at radius 1 is 1.03 bits per heavy atom. The van der Waals surface area contributed by atoms with Gasteiger partial charge in [-0.15, -0.1) is 0 Å². The molecular formula is C19H13Cl3F6N2O2. The van der Waals surface area contributed by atoms with Crippen LogP contribution in [0.2, 0.25) is 15.1 Å². The SMILES string of the molecule is CN(c1cc(C2=NOC(c3cc(Cl)cc(Cl)c3)(C(F)(F)F)C2)ccc1Cl)C(O)C(F)(F)F. The van der Waals surface area contributed by atoms with E-state index in [1.807, 2.05) is 0 Å². The van der Waals surface area contributed by atoms with Crippen molar-refractivity contribution in [2.24, 2.45) is 5.16 Å². The number of halogens is 9. The number of anilines is 1. The molecule has 0 saturated carbocycles. The Kier molecular flexibility index (Phi) is 6.56. The second-order valence-electron chi connectivity index (χ2n) is 6.98. The normalized spacial score (nSPS) is 20.0. The molecule has 32 heavy (non-hydrogen) atoms. The zero-order valence-corrected chi connectivity index (χ0v) is 18.2. The Labute approximate surface area is 192 Å². The predicted molar refractivity (Wildman–Crippen MR) is 108 cm³/mol. The highest BCUT2D eigenvalue weighted by molar-refractivity contribution is 6.34. The first-order valence-electron chi connectivity index (χ1n) is 8.71. The smallest absolute Gasteiger partial charge is 0.374 e. The number of hydrogen-bond donors (Lipinski definition) is 1. The third-order valence-electron chi connectivity index (χ3n) is 4.83. The first-order chi connectivity index (χ1) is 14.7. The summed E-state index contributed by atoms with van der Waals surface area (Å²) in [6, 6.07) is 6.87. The minimum atomic E-state index is -4.99. The molecule has 0 radical (unpaired) electrons. The lowest BCUT2D eigenvalue weighted by Gasteiger charge is -2.30. The van der Waals surface area contributed by atoms with Crippen molar-refractivity contribution in [2.75, 3.05) is 11.9 Å². The van der Waals surface area contributed by atoms with Crippen LogP contribution in [0.5, 0.6) is 0 Å². The van der Waals surface area contributed by atoms with Gasteiger partial charge >= 0.3 is 12.4 Å². The number of aliphatic hydroxyl groups is 1. The average Bonchev–Trinajstić information content (AvgIpc) is 3.12. The number of nitrogens with zero attached hydrogens (tertiary/aromatic N) is 2. The summed E-state index contributed by atoms with van der Waals surface area (Å²) in [6.07, 6.45) is -13.6. The molecular weight excluding hydrogens is 509 g/mol. The Balaban J connectivity index is 2.00. The molecule has 0 aromatic heterocycles. The van der Waals surface area contributed by atoms with Gasteiger partial charge in [-0.25, -0.2) is 0 Å². The number of benzene rings is 2. The van der Waals surface area contributed by atoms with Crippen LogP contribution in [0.1, 0.15) is 17.5 Å². The van der Waals surface area contributed by atoms with Crippen molar-refractivity contribution in [3.63, 3.8) is 0 Å². The fourth-order valence-corrected chi connectivity index (χ4v) is 3.94. The highest BCUT2D eigenvalue weighted by Gasteiger charge is 2.62. The van der Waals surface area contributed by atoms with Crippen LogP contribution in [0.3, 0.4) is 0 Å². The molecule has 0 saturated heterocycles. The molecule has 2 atom stereocenters. The van der Waals surface area contributed by atoms with E-state index in [1.54, 1.807) is 0 Å². The van der Waals surface area contributed by atoms with Gasteiger partial charge in [0.2, 0.25) is 6.23 Å². The standard InChI is InChI=1S/C19H13Cl3F6N2O2/c1-30(16(31)18(23,24)25)15-4-9(2-3-13(15)22)14-8-17(32-29-14,19(26,27)28)10-5-11(20)7-12(21)6-10/h2-7,16,31H,8H2,1H3. The highest BCUT2D eigenvalue weighted by Crippen LogP contribution is 2.50. The van der Waals surface area contributed by atoms with Gasteiger partial charge in [0.1, 0.15) is 0 Å². The predicted octanol–water partition coefficient (Wildman–Crippen LogP) is 6.55. The maximum atomic E-state index is 14.1. The summed E-state index contributed by atoms with van der Waals surface area (Å²) in [7, 11) is 0.935. The molecule has 1 aliphatic heterocycles. The van der Waals surface area contributed by atoms with Crippen LogP contribution in [-0.2, 0) is 10.4 Å². The Morgan fingerprint density at radius 3 is 2.16 bits per heavy atom. The van der Waals surface area contributed by atoms with Crippen molar-refractivity contribution in [3.05, 3.63) is 62.6 Å². The molecule has 1 aliphatic rings. The molecule has 0 bridgehead atoms. The number of rotatable bonds is 4. The maximum Gasteiger partial charge on any atom is 0.435 e. The molecule has 4 nitrogen and oxygen atoms in total. The third-order valence-corrected chi connectivity index (χ3v) is 5.59. The molecule has 13 heteroatoms. The molecule has 1 N–H and O–H groups in total. The minimum Gasteiger partial charge on any atom is -0.374 e. The topological polar surface area (TPSA) is 45.1 Å². The van der Waals surface area contributed by atoms with Gasteiger partial charge in [-0.2, -0.15) is 26.3 Å². The van der Waals surface area contributed by atoms with Gasteiger partial charge in [0, 0.05) is 34.6 Å². The summed E-state index contributed by atoms with van der Waals surface area (Å²) in [5, 5.41) is 12.8. The van der Waals surface area contributed by atoms with Gasteiger partial charge in [-0.1, -0.05) is 46.0 Å². The van der Waals surface area contributed by atoms with Crippen molar-refractivity contribution >= 4 is 46.2 Å². The van der Waals surface area contributed by atoms with Crippen molar-refractivity contribution in [2.45, 2.75) is 30.6 Å². The van der Waals surface area contributed by atoms with Crippen molar-refractivity contribution < 1.29 is 36.3 Å². The number of aliphatic hydroxyl groups excluding tert-OH is 1. The lowest BCUT2D eigenvalue weighted by atomic mass is 9.86. The van der Waals surface area contributed by atoms with Gasteiger partial charge in [0.15, 0.2) is 0 Å². The molecule has 0 fully saturated rings. The van der Waals surface area contributed by atoms with Crippen LogP contribution in [0.4, 0.5) is 32.0 Å². The Bertz CT molecular complexity index is 1040. The summed E-state index contributed by atoms with van der Waals surface area (Å²) in [4.78, 5) is 5.31. The fourth-order valence-electron chi connectivity index (χ4n) is 3.16. The van der Waals surface area contributed by atoms with Crippen LogP contribution >= 0.6 is 34.8 Å². The summed E-state index contributed by atoms with van der Waals surface area (Å²) in [5.41, 5.74) is -3.75. The summed E-state index contributed by atoms with van der Waals surface area (Å²) >= 11 is 17.7. The highest BCUT2D eigenvalue weighted by atomic mass is 35.5. The Morgan fingerprint density at radius 2 is 1.62 bits per heavy atom. The molecule has 2 unspecified atom stereocenters. The molecule has 0 aliphatic carbocycles. The summed E-state index contributed by atoms with van der Waals surface area (Å²) < 4.78 is 80.9. The maximum absolute atomic E-state index is 14.1. The van der Waals surface area contributed by atoms with E-state index >= 15 is 0 Å². The van der Waals surface area contributed by atoms with E-state index in [2.05, 4.69) is 5.16 Å². The van der Waals surface area contributed by atoms with E-state index < -0.39 is 30.6 Å². The summed E-state index contributed by atoms with van der Waals surface area (Å²) in [5.74, 6) is 0. The first kappa shape index (κ1) is 24.8. The van der Waals surface area contributed by atoms with Gasteiger partial charge in [0.25, 0.3) is 5.60 Å². The van der Waals surface area contributed by atoms with Crippen LogP contribution < -0.4 is 4.90 Å². The second-order valence-corrected chi connectivity index (χ2v) is 8.26. The van der Waals surface area contributed by atoms with Gasteiger partial charge < -0.3 is 14.8 Å². The van der Waals surface area contributed by atoms with Crippen molar-refractivity contribution in [3.8, 4) is 0 Å². The monoisotopic (exact) mass is 520 g/mol. The molecule has 3 rings (SSSR count). The molecule has 174 valence electrons. The van der Waals surface area contributed by atoms with Crippen molar-refractivity contribution in [1.82, 2.24) is 0 Å². The second kappa shape index (κ2) is 8.48. The van der Waals surface area contributed by atoms with Gasteiger partial charge in [-0.05, 0) is 30.3 Å². The number of alkyl halides is 6. The minimum absolute atomic E-state index is 0.0184. The van der Waals surface area contributed by atoms with Crippen molar-refractivity contribution in [1.29, 1.82) is 0 Å². The lowest BCUT2D eigenvalue weighted by molar-refractivity contribution is -0.275. The van der Waals surface area contributed by atoms with E-state index in [-0.39, 0.29) is 37.6 Å². The molecule has 0 spiro atoms. The van der Waals surface area contributed by atoms with Gasteiger partial charge in [-0.3, -0.25) is 0 Å². The molecule has 2 aromatic carbocycles. The van der Waals surface area contributed by atoms with E-state index in [9.17, 15) is 31.4 Å². The molecule has 0 amide bonds. The number of hydrogen-bond acceptors (Lipinski definition) is 4. The van der Waals surface area contributed by atoms with E-state index in [4.69, 9.17) is 39.6 Å². The van der Waals surface area contributed by atoms with Crippen LogP contribution in [0.25, 0.3) is 0 Å². The number of oxime groups is 1. The van der Waals surface area contributed by atoms with Crippen LogP contribution in [0, 0.1) is 0 Å². The van der Waals surface area contributed by atoms with Gasteiger partial charge in [0.05, 0.1) is 16.4 Å².